The SMILES string of the molecule is O=C(O)CCc1cnc([C@@H]2C[C@H](OC3CCC3)CN2C(=O)Cc2cc(Cl)c(NC(=O)c3csc4ccccc34)cc2F)s1. The van der Waals surface area contributed by atoms with Crippen LogP contribution in [0.25, 0.3) is 10.1 Å². The molecule has 1 saturated heterocycles. The Bertz CT molecular complexity index is 1690. The Balaban J connectivity index is 1.17. The first-order valence-electron chi connectivity index (χ1n) is 14.1. The molecule has 12 heteroatoms. The minimum Gasteiger partial charge on any atom is -0.481 e. The summed E-state index contributed by atoms with van der Waals surface area (Å²) in [5.74, 6) is -2.21. The summed E-state index contributed by atoms with van der Waals surface area (Å²) in [5, 5.41) is 15.1. The fraction of sp³-hybridized carbons (Fsp3) is 0.355. The number of nitrogens with one attached hydrogen (secondary N) is 1. The van der Waals surface area contributed by atoms with Gasteiger partial charge >= 0.3 is 5.97 Å². The topological polar surface area (TPSA) is 109 Å². The lowest BCUT2D eigenvalue weighted by molar-refractivity contribution is -0.137. The van der Waals surface area contributed by atoms with Crippen LogP contribution in [-0.4, -0.2) is 51.5 Å². The molecule has 3 heterocycles. The number of amides is 2. The third kappa shape index (κ3) is 6.59. The summed E-state index contributed by atoms with van der Waals surface area (Å²) in [4.78, 5) is 44.7. The minimum absolute atomic E-state index is 0.00268. The molecule has 2 N–H and O–H groups in total. The maximum absolute atomic E-state index is 15.3. The molecule has 1 saturated carbocycles. The molecule has 0 spiro atoms. The van der Waals surface area contributed by atoms with Crippen LogP contribution in [0.4, 0.5) is 10.1 Å². The molecule has 2 amide bonds. The number of rotatable bonds is 10. The molecule has 0 radical (unpaired) electrons. The highest BCUT2D eigenvalue weighted by molar-refractivity contribution is 7.17. The number of anilines is 1. The molecular weight excluding hydrogens is 613 g/mol. The van der Waals surface area contributed by atoms with E-state index in [-0.39, 0.29) is 53.3 Å². The number of likely N-dealkylation sites (tertiary alicyclic amines) is 1. The van der Waals surface area contributed by atoms with Crippen molar-refractivity contribution < 1.29 is 28.6 Å². The van der Waals surface area contributed by atoms with Crippen molar-refractivity contribution in [2.75, 3.05) is 11.9 Å². The fourth-order valence-electron chi connectivity index (χ4n) is 5.43. The summed E-state index contributed by atoms with van der Waals surface area (Å²) < 4.78 is 22.5. The molecule has 2 fully saturated rings. The van der Waals surface area contributed by atoms with Gasteiger partial charge in [-0.3, -0.25) is 14.4 Å². The van der Waals surface area contributed by atoms with E-state index in [1.165, 1.54) is 28.7 Å². The predicted molar refractivity (Wildman–Crippen MR) is 165 cm³/mol. The number of halogens is 2. The number of aromatic nitrogens is 1. The number of thiophene rings is 1. The number of benzene rings is 2. The quantitative estimate of drug-likeness (QED) is 0.196. The number of ether oxygens (including phenoxy) is 1. The highest BCUT2D eigenvalue weighted by Crippen LogP contribution is 2.39. The van der Waals surface area contributed by atoms with Crippen molar-refractivity contribution in [3.8, 4) is 0 Å². The second kappa shape index (κ2) is 12.7. The molecule has 2 aromatic heterocycles. The monoisotopic (exact) mass is 641 g/mol. The molecule has 2 atom stereocenters. The van der Waals surface area contributed by atoms with E-state index in [4.69, 9.17) is 21.4 Å². The summed E-state index contributed by atoms with van der Waals surface area (Å²) >= 11 is 9.32. The van der Waals surface area contributed by atoms with Crippen molar-refractivity contribution in [3.63, 3.8) is 0 Å². The number of hydrogen-bond acceptors (Lipinski definition) is 7. The molecule has 6 rings (SSSR count). The largest absolute Gasteiger partial charge is 0.481 e. The van der Waals surface area contributed by atoms with Crippen LogP contribution in [0.3, 0.4) is 0 Å². The van der Waals surface area contributed by atoms with Gasteiger partial charge in [0.15, 0.2) is 0 Å². The normalized spacial score (nSPS) is 18.6. The van der Waals surface area contributed by atoms with E-state index >= 15 is 4.39 Å². The lowest BCUT2D eigenvalue weighted by atomic mass is 9.96. The molecule has 8 nitrogen and oxygen atoms in total. The average molecular weight is 642 g/mol. The van der Waals surface area contributed by atoms with E-state index in [2.05, 4.69) is 10.3 Å². The van der Waals surface area contributed by atoms with Crippen molar-refractivity contribution >= 4 is 67.8 Å². The second-order valence-electron chi connectivity index (χ2n) is 10.9. The van der Waals surface area contributed by atoms with Crippen LogP contribution in [0.5, 0.6) is 0 Å². The zero-order valence-corrected chi connectivity index (χ0v) is 25.4. The lowest BCUT2D eigenvalue weighted by Crippen LogP contribution is -2.35. The number of carboxylic acid groups (broad SMARTS) is 1. The summed E-state index contributed by atoms with van der Waals surface area (Å²) in [6.07, 6.45) is 5.54. The van der Waals surface area contributed by atoms with Crippen molar-refractivity contribution in [1.29, 1.82) is 0 Å². The van der Waals surface area contributed by atoms with Crippen LogP contribution in [-0.2, 0) is 27.2 Å². The molecule has 43 heavy (non-hydrogen) atoms. The molecule has 1 aliphatic carbocycles. The highest BCUT2D eigenvalue weighted by atomic mass is 35.5. The van der Waals surface area contributed by atoms with Gasteiger partial charge in [0, 0.05) is 39.5 Å². The minimum atomic E-state index is -0.882. The molecule has 4 aromatic rings. The van der Waals surface area contributed by atoms with Crippen molar-refractivity contribution in [2.45, 2.75) is 63.2 Å². The smallest absolute Gasteiger partial charge is 0.303 e. The summed E-state index contributed by atoms with van der Waals surface area (Å²) in [6, 6.07) is 9.72. The van der Waals surface area contributed by atoms with Gasteiger partial charge in [-0.05, 0) is 49.4 Å². The zero-order valence-electron chi connectivity index (χ0n) is 23.1. The van der Waals surface area contributed by atoms with Gasteiger partial charge in [0.05, 0.1) is 47.4 Å². The first-order chi connectivity index (χ1) is 20.7. The highest BCUT2D eigenvalue weighted by Gasteiger charge is 2.40. The summed E-state index contributed by atoms with van der Waals surface area (Å²) in [6.45, 7) is 0.363. The Morgan fingerprint density at radius 3 is 2.77 bits per heavy atom. The number of thiazole rings is 1. The van der Waals surface area contributed by atoms with Gasteiger partial charge in [-0.25, -0.2) is 9.37 Å². The number of fused-ring (bicyclic) bond motifs is 1. The standard InChI is InChI=1S/C31H29ClFN3O5S2/c32-23-10-17(24(33)13-25(23)35-30(40)22-16-42-27-7-2-1-6-21(22)27)11-28(37)36-15-19(41-18-4-3-5-18)12-26(36)31-34-14-20(43-31)8-9-29(38)39/h1-2,6-7,10,13-14,16,18-19,26H,3-5,8-9,11-12,15H2,(H,35,40)(H,38,39)/t19-,26-/m0/s1. The fourth-order valence-corrected chi connectivity index (χ4v) is 7.65. The van der Waals surface area contributed by atoms with Gasteiger partial charge < -0.3 is 20.1 Å². The zero-order chi connectivity index (χ0) is 30.1. The molecule has 2 aromatic carbocycles. The maximum atomic E-state index is 15.3. The number of carbonyl (C=O) groups excluding carboxylic acids is 2. The number of carbonyl (C=O) groups is 3. The van der Waals surface area contributed by atoms with Gasteiger partial charge in [-0.15, -0.1) is 22.7 Å². The predicted octanol–water partition coefficient (Wildman–Crippen LogP) is 6.87. The molecule has 2 aliphatic rings. The van der Waals surface area contributed by atoms with E-state index in [1.54, 1.807) is 16.5 Å². The Hall–Kier alpha value is -3.38. The number of nitrogens with zero attached hydrogens (tertiary/aromatic N) is 2. The number of carboxylic acids is 1. The van der Waals surface area contributed by atoms with Crippen LogP contribution < -0.4 is 5.32 Å². The Kier molecular flexibility index (Phi) is 8.76. The van der Waals surface area contributed by atoms with Crippen molar-refractivity contribution in [3.05, 3.63) is 79.8 Å². The number of hydrogen-bond donors (Lipinski definition) is 2. The molecular formula is C31H29ClFN3O5S2. The third-order valence-electron chi connectivity index (χ3n) is 7.91. The summed E-state index contributed by atoms with van der Waals surface area (Å²) in [5.41, 5.74) is 0.723. The Labute approximate surface area is 260 Å². The van der Waals surface area contributed by atoms with E-state index in [0.717, 1.165) is 40.3 Å². The number of aliphatic carboxylic acids is 1. The van der Waals surface area contributed by atoms with Crippen LogP contribution in [0.1, 0.15) is 64.0 Å². The Morgan fingerprint density at radius 2 is 2.00 bits per heavy atom. The van der Waals surface area contributed by atoms with E-state index in [0.29, 0.717) is 30.0 Å². The average Bonchev–Trinajstić information content (AvgIpc) is 3.70. The maximum Gasteiger partial charge on any atom is 0.303 e. The van der Waals surface area contributed by atoms with Gasteiger partial charge in [0.25, 0.3) is 5.91 Å². The Morgan fingerprint density at radius 1 is 1.19 bits per heavy atom. The van der Waals surface area contributed by atoms with Crippen LogP contribution in [0.2, 0.25) is 5.02 Å². The van der Waals surface area contributed by atoms with Crippen molar-refractivity contribution in [1.82, 2.24) is 9.88 Å². The van der Waals surface area contributed by atoms with Crippen LogP contribution in [0.15, 0.2) is 48.0 Å². The summed E-state index contributed by atoms with van der Waals surface area (Å²) in [7, 11) is 0. The van der Waals surface area contributed by atoms with Gasteiger partial charge in [0.2, 0.25) is 5.91 Å². The van der Waals surface area contributed by atoms with Crippen LogP contribution in [0, 0.1) is 5.82 Å². The van der Waals surface area contributed by atoms with E-state index < -0.39 is 17.7 Å². The van der Waals surface area contributed by atoms with Crippen LogP contribution >= 0.6 is 34.3 Å². The van der Waals surface area contributed by atoms with Gasteiger partial charge in [0.1, 0.15) is 10.8 Å². The first-order valence-corrected chi connectivity index (χ1v) is 16.2. The molecule has 0 bridgehead atoms. The van der Waals surface area contributed by atoms with Gasteiger partial charge in [-0.2, -0.15) is 0 Å². The molecule has 0 unspecified atom stereocenters. The third-order valence-corrected chi connectivity index (χ3v) is 10.3. The first kappa shape index (κ1) is 29.7. The van der Waals surface area contributed by atoms with E-state index in [9.17, 15) is 14.4 Å². The second-order valence-corrected chi connectivity index (χ2v) is 13.3. The lowest BCUT2D eigenvalue weighted by Gasteiger charge is -2.28. The number of aryl methyl sites for hydroxylation is 1. The van der Waals surface area contributed by atoms with Gasteiger partial charge in [-0.1, -0.05) is 29.8 Å². The molecule has 224 valence electrons. The van der Waals surface area contributed by atoms with Crippen molar-refractivity contribution in [2.24, 2.45) is 0 Å². The molecule has 1 aliphatic heterocycles. The van der Waals surface area contributed by atoms with E-state index in [1.807, 2.05) is 24.3 Å².